The molecule has 1 N–H and O–H groups in total. The lowest BCUT2D eigenvalue weighted by Crippen LogP contribution is -2.12. The van der Waals surface area contributed by atoms with Crippen LogP contribution < -0.4 is 4.90 Å². The SMILES string of the molecule is CN(C)c1ccc([C@@H](C/C(=N\O)c2ccncc2)c2ccccc2)cc1. The minimum atomic E-state index is 0.103. The molecule has 3 aromatic rings. The lowest BCUT2D eigenvalue weighted by molar-refractivity contribution is 0.317. The summed E-state index contributed by atoms with van der Waals surface area (Å²) in [7, 11) is 4.06. The highest BCUT2D eigenvalue weighted by Gasteiger charge is 2.18. The number of rotatable bonds is 6. The fourth-order valence-corrected chi connectivity index (χ4v) is 3.07. The number of anilines is 1. The molecule has 0 unspecified atom stereocenters. The van der Waals surface area contributed by atoms with Gasteiger partial charge >= 0.3 is 0 Å². The van der Waals surface area contributed by atoms with Crippen molar-refractivity contribution in [2.24, 2.45) is 5.16 Å². The van der Waals surface area contributed by atoms with E-state index in [0.717, 1.165) is 11.3 Å². The molecule has 4 nitrogen and oxygen atoms in total. The first-order valence-electron chi connectivity index (χ1n) is 8.62. The van der Waals surface area contributed by atoms with Crippen molar-refractivity contribution >= 4 is 11.4 Å². The summed E-state index contributed by atoms with van der Waals surface area (Å²) in [6, 6.07) is 22.6. The fourth-order valence-electron chi connectivity index (χ4n) is 3.07. The summed E-state index contributed by atoms with van der Waals surface area (Å²) in [5.41, 5.74) is 5.08. The number of hydrogen-bond donors (Lipinski definition) is 1. The standard InChI is InChI=1S/C22H23N3O/c1-25(2)20-10-8-18(9-11-20)21(17-6-4-3-5-7-17)16-22(24-26)19-12-14-23-15-13-19/h3-15,21,26H,16H2,1-2H3/b24-22+/t21-/m0/s1. The van der Waals surface area contributed by atoms with E-state index in [0.29, 0.717) is 12.1 Å². The van der Waals surface area contributed by atoms with Crippen molar-refractivity contribution in [1.29, 1.82) is 0 Å². The molecule has 26 heavy (non-hydrogen) atoms. The molecule has 0 fully saturated rings. The smallest absolute Gasteiger partial charge is 0.0878 e. The minimum absolute atomic E-state index is 0.103. The van der Waals surface area contributed by atoms with E-state index in [1.165, 1.54) is 11.1 Å². The van der Waals surface area contributed by atoms with E-state index >= 15 is 0 Å². The van der Waals surface area contributed by atoms with Crippen molar-refractivity contribution in [3.8, 4) is 0 Å². The Kier molecular flexibility index (Phi) is 5.64. The average molecular weight is 345 g/mol. The number of hydrogen-bond acceptors (Lipinski definition) is 4. The fraction of sp³-hybridized carbons (Fsp3) is 0.182. The van der Waals surface area contributed by atoms with Crippen molar-refractivity contribution in [1.82, 2.24) is 4.98 Å². The molecule has 0 spiro atoms. The van der Waals surface area contributed by atoms with Crippen LogP contribution in [0.3, 0.4) is 0 Å². The van der Waals surface area contributed by atoms with Gasteiger partial charge in [0.25, 0.3) is 0 Å². The van der Waals surface area contributed by atoms with Crippen molar-refractivity contribution in [2.75, 3.05) is 19.0 Å². The van der Waals surface area contributed by atoms with E-state index in [1.807, 2.05) is 44.4 Å². The number of oxime groups is 1. The lowest BCUT2D eigenvalue weighted by Gasteiger charge is -2.20. The van der Waals surface area contributed by atoms with Gasteiger partial charge < -0.3 is 10.1 Å². The maximum absolute atomic E-state index is 9.60. The van der Waals surface area contributed by atoms with E-state index in [-0.39, 0.29) is 5.92 Å². The monoisotopic (exact) mass is 345 g/mol. The molecule has 1 atom stereocenters. The van der Waals surface area contributed by atoms with E-state index in [4.69, 9.17) is 0 Å². The van der Waals surface area contributed by atoms with E-state index in [9.17, 15) is 5.21 Å². The van der Waals surface area contributed by atoms with Crippen LogP contribution in [0.2, 0.25) is 0 Å². The van der Waals surface area contributed by atoms with Crippen LogP contribution >= 0.6 is 0 Å². The molecule has 0 bridgehead atoms. The summed E-state index contributed by atoms with van der Waals surface area (Å²) in [4.78, 5) is 6.12. The lowest BCUT2D eigenvalue weighted by atomic mass is 9.85. The largest absolute Gasteiger partial charge is 0.411 e. The van der Waals surface area contributed by atoms with E-state index < -0.39 is 0 Å². The van der Waals surface area contributed by atoms with Crippen LogP contribution in [0.25, 0.3) is 0 Å². The predicted octanol–water partition coefficient (Wildman–Crippen LogP) is 4.55. The summed E-state index contributed by atoms with van der Waals surface area (Å²) in [6.45, 7) is 0. The van der Waals surface area contributed by atoms with Gasteiger partial charge in [0.15, 0.2) is 0 Å². The number of nitrogens with zero attached hydrogens (tertiary/aromatic N) is 3. The second-order valence-electron chi connectivity index (χ2n) is 6.44. The molecule has 3 rings (SSSR count). The predicted molar refractivity (Wildman–Crippen MR) is 106 cm³/mol. The first-order chi connectivity index (χ1) is 12.7. The van der Waals surface area contributed by atoms with Gasteiger partial charge in [0.1, 0.15) is 0 Å². The molecule has 2 aromatic carbocycles. The van der Waals surface area contributed by atoms with Crippen molar-refractivity contribution in [2.45, 2.75) is 12.3 Å². The molecule has 0 amide bonds. The molecular weight excluding hydrogens is 322 g/mol. The van der Waals surface area contributed by atoms with Crippen molar-refractivity contribution < 1.29 is 5.21 Å². The van der Waals surface area contributed by atoms with Crippen LogP contribution in [0.15, 0.2) is 84.3 Å². The molecular formula is C22H23N3O. The molecule has 0 radical (unpaired) electrons. The van der Waals surface area contributed by atoms with Crippen molar-refractivity contribution in [3.63, 3.8) is 0 Å². The maximum Gasteiger partial charge on any atom is 0.0878 e. The molecule has 0 saturated carbocycles. The molecule has 4 heteroatoms. The second-order valence-corrected chi connectivity index (χ2v) is 6.44. The van der Waals surface area contributed by atoms with Gasteiger partial charge in [-0.1, -0.05) is 47.6 Å². The van der Waals surface area contributed by atoms with Crippen LogP contribution in [0.5, 0.6) is 0 Å². The molecule has 1 aromatic heterocycles. The third-order valence-corrected chi connectivity index (χ3v) is 4.55. The normalized spacial score (nSPS) is 12.6. The summed E-state index contributed by atoms with van der Waals surface area (Å²) in [5.74, 6) is 0.103. The summed E-state index contributed by atoms with van der Waals surface area (Å²) in [6.07, 6.45) is 4.03. The molecule has 0 aliphatic carbocycles. The second kappa shape index (κ2) is 8.30. The summed E-state index contributed by atoms with van der Waals surface area (Å²) in [5, 5.41) is 13.2. The molecule has 0 aliphatic heterocycles. The zero-order valence-electron chi connectivity index (χ0n) is 15.1. The number of pyridine rings is 1. The Morgan fingerprint density at radius 2 is 1.54 bits per heavy atom. The van der Waals surface area contributed by atoms with Crippen LogP contribution in [-0.4, -0.2) is 30.0 Å². The number of benzene rings is 2. The van der Waals surface area contributed by atoms with Gasteiger partial charge in [-0.3, -0.25) is 4.98 Å². The van der Waals surface area contributed by atoms with Crippen LogP contribution in [0, 0.1) is 0 Å². The minimum Gasteiger partial charge on any atom is -0.411 e. The topological polar surface area (TPSA) is 48.7 Å². The van der Waals surface area contributed by atoms with E-state index in [1.54, 1.807) is 12.4 Å². The van der Waals surface area contributed by atoms with Crippen LogP contribution in [0.1, 0.15) is 29.0 Å². The quantitative estimate of drug-likeness (QED) is 0.405. The Hall–Kier alpha value is -3.14. The Labute approximate surface area is 154 Å². The highest BCUT2D eigenvalue weighted by molar-refractivity contribution is 6.00. The zero-order valence-corrected chi connectivity index (χ0v) is 15.1. The number of aromatic nitrogens is 1. The van der Waals surface area contributed by atoms with Gasteiger partial charge in [-0.2, -0.15) is 0 Å². The van der Waals surface area contributed by atoms with Gasteiger partial charge in [0, 0.05) is 50.1 Å². The Morgan fingerprint density at radius 1 is 0.923 bits per heavy atom. The highest BCUT2D eigenvalue weighted by atomic mass is 16.4. The third-order valence-electron chi connectivity index (χ3n) is 4.55. The van der Waals surface area contributed by atoms with Gasteiger partial charge in [-0.25, -0.2) is 0 Å². The average Bonchev–Trinajstić information content (AvgIpc) is 2.70. The van der Waals surface area contributed by atoms with Gasteiger partial charge in [-0.15, -0.1) is 0 Å². The summed E-state index contributed by atoms with van der Waals surface area (Å²) < 4.78 is 0. The first kappa shape index (κ1) is 17.7. The van der Waals surface area contributed by atoms with Crippen LogP contribution in [-0.2, 0) is 0 Å². The van der Waals surface area contributed by atoms with Crippen molar-refractivity contribution in [3.05, 3.63) is 95.8 Å². The molecule has 0 saturated heterocycles. The summed E-state index contributed by atoms with van der Waals surface area (Å²) >= 11 is 0. The Morgan fingerprint density at radius 3 is 2.12 bits per heavy atom. The van der Waals surface area contributed by atoms with Gasteiger partial charge in [0.05, 0.1) is 5.71 Å². The Bertz CT molecular complexity index is 844. The van der Waals surface area contributed by atoms with Gasteiger partial charge in [-0.05, 0) is 35.4 Å². The molecule has 1 heterocycles. The molecule has 0 aliphatic rings. The van der Waals surface area contributed by atoms with Gasteiger partial charge in [0.2, 0.25) is 0 Å². The first-order valence-corrected chi connectivity index (χ1v) is 8.62. The van der Waals surface area contributed by atoms with E-state index in [2.05, 4.69) is 51.4 Å². The molecule has 132 valence electrons. The maximum atomic E-state index is 9.60. The third kappa shape index (κ3) is 4.09. The van der Waals surface area contributed by atoms with Crippen LogP contribution in [0.4, 0.5) is 5.69 Å². The highest BCUT2D eigenvalue weighted by Crippen LogP contribution is 2.30. The zero-order chi connectivity index (χ0) is 18.4. The Balaban J connectivity index is 1.96.